The fraction of sp³-hybridized carbons (Fsp3) is 0.741. The topological polar surface area (TPSA) is 44.8 Å². The molecule has 1 aromatic rings. The van der Waals surface area contributed by atoms with E-state index in [1.165, 1.54) is 5.56 Å². The first-order valence-electron chi connectivity index (χ1n) is 12.3. The number of quaternary nitrogens is 1. The number of piperidine rings is 1. The molecule has 182 valence electrons. The summed E-state index contributed by atoms with van der Waals surface area (Å²) in [5.74, 6) is 0.813. The molecule has 0 amide bonds. The van der Waals surface area contributed by atoms with E-state index in [9.17, 15) is 4.79 Å². The highest BCUT2D eigenvalue weighted by Gasteiger charge is 2.41. The van der Waals surface area contributed by atoms with Gasteiger partial charge in [0.15, 0.2) is 6.04 Å². The van der Waals surface area contributed by atoms with Crippen molar-refractivity contribution in [1.29, 1.82) is 0 Å². The van der Waals surface area contributed by atoms with Crippen LogP contribution < -0.4 is 4.74 Å². The lowest BCUT2D eigenvalue weighted by atomic mass is 9.72. The zero-order valence-electron chi connectivity index (χ0n) is 21.5. The van der Waals surface area contributed by atoms with Crippen LogP contribution in [0.15, 0.2) is 24.3 Å². The normalized spacial score (nSPS) is 21.9. The Morgan fingerprint density at radius 1 is 1.03 bits per heavy atom. The Kier molecular flexibility index (Phi) is 9.59. The summed E-state index contributed by atoms with van der Waals surface area (Å²) >= 11 is 0. The SMILES string of the molecule is CCOC(=O)C1CCCC[N+]1(C)CCOCCOc1ccc(C(C)(C)CC(C)(C)C)cc1. The van der Waals surface area contributed by atoms with Crippen LogP contribution in [0.3, 0.4) is 0 Å². The molecule has 1 heterocycles. The number of hydrogen-bond donors (Lipinski definition) is 0. The summed E-state index contributed by atoms with van der Waals surface area (Å²) in [5, 5.41) is 0. The summed E-state index contributed by atoms with van der Waals surface area (Å²) in [7, 11) is 2.16. The molecule has 5 heteroatoms. The van der Waals surface area contributed by atoms with Crippen LogP contribution in [-0.4, -0.2) is 63.1 Å². The lowest BCUT2D eigenvalue weighted by Gasteiger charge is -2.43. The standard InChI is InChI=1S/C27H46NO4/c1-8-31-25(29)24-11-9-10-16-28(24,7)17-18-30-19-20-32-23-14-12-22(13-15-23)27(5,6)21-26(2,3)4/h12-15,24H,8-11,16-21H2,1-7H3/q+1. The number of nitrogens with zero attached hydrogens (tertiary/aromatic N) is 1. The summed E-state index contributed by atoms with van der Waals surface area (Å²) in [5.41, 5.74) is 1.76. The molecule has 1 fully saturated rings. The van der Waals surface area contributed by atoms with Crippen LogP contribution in [-0.2, 0) is 19.7 Å². The van der Waals surface area contributed by atoms with Crippen LogP contribution >= 0.6 is 0 Å². The van der Waals surface area contributed by atoms with Gasteiger partial charge in [-0.2, -0.15) is 0 Å². The van der Waals surface area contributed by atoms with E-state index < -0.39 is 0 Å². The number of hydrogen-bond acceptors (Lipinski definition) is 4. The maximum absolute atomic E-state index is 12.4. The lowest BCUT2D eigenvalue weighted by molar-refractivity contribution is -0.930. The minimum absolute atomic E-state index is 0.0628. The van der Waals surface area contributed by atoms with Crippen LogP contribution in [0.25, 0.3) is 0 Å². The predicted molar refractivity (Wildman–Crippen MR) is 130 cm³/mol. The van der Waals surface area contributed by atoms with Gasteiger partial charge in [-0.25, -0.2) is 4.79 Å². The molecule has 1 aliphatic rings. The molecule has 1 aliphatic heterocycles. The predicted octanol–water partition coefficient (Wildman–Crippen LogP) is 5.36. The average molecular weight is 449 g/mol. The third-order valence-corrected chi connectivity index (χ3v) is 6.56. The molecular weight excluding hydrogens is 402 g/mol. The van der Waals surface area contributed by atoms with Gasteiger partial charge in [-0.1, -0.05) is 46.8 Å². The highest BCUT2D eigenvalue weighted by atomic mass is 16.5. The van der Waals surface area contributed by atoms with Gasteiger partial charge in [-0.15, -0.1) is 0 Å². The Bertz CT molecular complexity index is 707. The van der Waals surface area contributed by atoms with Crippen LogP contribution in [0.4, 0.5) is 0 Å². The molecule has 0 bridgehead atoms. The monoisotopic (exact) mass is 448 g/mol. The van der Waals surface area contributed by atoms with Crippen molar-refractivity contribution in [2.45, 2.75) is 78.7 Å². The van der Waals surface area contributed by atoms with E-state index >= 15 is 0 Å². The maximum atomic E-state index is 12.4. The van der Waals surface area contributed by atoms with Crippen molar-refractivity contribution in [2.75, 3.05) is 46.6 Å². The van der Waals surface area contributed by atoms with Crippen molar-refractivity contribution in [3.05, 3.63) is 29.8 Å². The van der Waals surface area contributed by atoms with Crippen LogP contribution in [0.5, 0.6) is 5.75 Å². The molecule has 1 saturated heterocycles. The molecule has 5 nitrogen and oxygen atoms in total. The van der Waals surface area contributed by atoms with E-state index in [-0.39, 0.29) is 17.4 Å². The van der Waals surface area contributed by atoms with Gasteiger partial charge >= 0.3 is 5.97 Å². The van der Waals surface area contributed by atoms with Gasteiger partial charge in [-0.05, 0) is 54.7 Å². The maximum Gasteiger partial charge on any atom is 0.364 e. The number of carbonyl (C=O) groups excluding carboxylic acids is 1. The Morgan fingerprint density at radius 2 is 1.72 bits per heavy atom. The zero-order valence-corrected chi connectivity index (χ0v) is 21.5. The number of likely N-dealkylation sites (tertiary alicyclic amines) is 1. The van der Waals surface area contributed by atoms with Crippen molar-refractivity contribution in [2.24, 2.45) is 5.41 Å². The van der Waals surface area contributed by atoms with Gasteiger partial charge in [0.1, 0.15) is 18.9 Å². The molecule has 0 aromatic heterocycles. The highest BCUT2D eigenvalue weighted by molar-refractivity contribution is 5.74. The van der Waals surface area contributed by atoms with Crippen molar-refractivity contribution >= 4 is 5.97 Å². The van der Waals surface area contributed by atoms with Gasteiger partial charge < -0.3 is 18.7 Å². The molecule has 0 N–H and O–H groups in total. The van der Waals surface area contributed by atoms with E-state index in [0.717, 1.165) is 44.5 Å². The second-order valence-electron chi connectivity index (χ2n) is 11.3. The third-order valence-electron chi connectivity index (χ3n) is 6.56. The van der Waals surface area contributed by atoms with Gasteiger partial charge in [-0.3, -0.25) is 0 Å². The second kappa shape index (κ2) is 11.5. The van der Waals surface area contributed by atoms with Crippen LogP contribution in [0.2, 0.25) is 0 Å². The molecule has 2 atom stereocenters. The quantitative estimate of drug-likeness (QED) is 0.260. The summed E-state index contributed by atoms with van der Waals surface area (Å²) < 4.78 is 17.8. The van der Waals surface area contributed by atoms with Gasteiger partial charge in [0.25, 0.3) is 0 Å². The third kappa shape index (κ3) is 8.08. The number of carbonyl (C=O) groups is 1. The minimum Gasteiger partial charge on any atom is -0.491 e. The number of benzene rings is 1. The average Bonchev–Trinajstić information content (AvgIpc) is 2.69. The van der Waals surface area contributed by atoms with Crippen molar-refractivity contribution in [3.8, 4) is 5.75 Å². The summed E-state index contributed by atoms with van der Waals surface area (Å²) in [6, 6.07) is 8.41. The van der Waals surface area contributed by atoms with Crippen molar-refractivity contribution in [3.63, 3.8) is 0 Å². The highest BCUT2D eigenvalue weighted by Crippen LogP contribution is 2.36. The smallest absolute Gasteiger partial charge is 0.364 e. The molecule has 2 unspecified atom stereocenters. The van der Waals surface area contributed by atoms with E-state index in [1.54, 1.807) is 0 Å². The molecule has 0 spiro atoms. The van der Waals surface area contributed by atoms with Gasteiger partial charge in [0.05, 0.1) is 33.4 Å². The fourth-order valence-electron chi connectivity index (χ4n) is 5.18. The van der Waals surface area contributed by atoms with Crippen LogP contribution in [0.1, 0.15) is 72.8 Å². The first-order chi connectivity index (χ1) is 15.0. The molecular formula is C27H46NO4+. The molecule has 1 aromatic carbocycles. The lowest BCUT2D eigenvalue weighted by Crippen LogP contribution is -2.60. The van der Waals surface area contributed by atoms with Crippen LogP contribution in [0, 0.1) is 5.41 Å². The molecule has 0 saturated carbocycles. The summed E-state index contributed by atoms with van der Waals surface area (Å²) in [6.45, 7) is 17.3. The minimum atomic E-state index is -0.0652. The number of rotatable bonds is 11. The number of likely N-dealkylation sites (N-methyl/N-ethyl adjacent to an activating group) is 1. The fourth-order valence-corrected chi connectivity index (χ4v) is 5.18. The summed E-state index contributed by atoms with van der Waals surface area (Å²) in [6.07, 6.45) is 4.28. The molecule has 0 aliphatic carbocycles. The van der Waals surface area contributed by atoms with Crippen molar-refractivity contribution in [1.82, 2.24) is 0 Å². The number of esters is 1. The van der Waals surface area contributed by atoms with E-state index in [2.05, 4.69) is 65.9 Å². The van der Waals surface area contributed by atoms with Crippen molar-refractivity contribution < 1.29 is 23.5 Å². The largest absolute Gasteiger partial charge is 0.491 e. The zero-order chi connectivity index (χ0) is 23.8. The Labute approximate surface area is 196 Å². The number of ether oxygens (including phenoxy) is 3. The van der Waals surface area contributed by atoms with Gasteiger partial charge in [0.2, 0.25) is 0 Å². The Morgan fingerprint density at radius 3 is 2.34 bits per heavy atom. The second-order valence-corrected chi connectivity index (χ2v) is 11.3. The molecule has 0 radical (unpaired) electrons. The first-order valence-corrected chi connectivity index (χ1v) is 12.3. The van der Waals surface area contributed by atoms with E-state index in [1.807, 2.05) is 6.92 Å². The molecule has 32 heavy (non-hydrogen) atoms. The van der Waals surface area contributed by atoms with E-state index in [4.69, 9.17) is 14.2 Å². The Hall–Kier alpha value is -1.59. The summed E-state index contributed by atoms with van der Waals surface area (Å²) in [4.78, 5) is 12.4. The van der Waals surface area contributed by atoms with E-state index in [0.29, 0.717) is 36.3 Å². The molecule has 2 rings (SSSR count). The Balaban J connectivity index is 1.74. The first kappa shape index (κ1) is 26.7. The van der Waals surface area contributed by atoms with Gasteiger partial charge in [0, 0.05) is 6.42 Å².